The van der Waals surface area contributed by atoms with Crippen molar-refractivity contribution in [1.29, 1.82) is 0 Å². The molecular weight excluding hydrogens is 571 g/mol. The SMILES string of the molecule is CCOC(=O)C1=C(c2ccccc2)N=c2s/c(=C/c3ccc(-c4ccccc4C(=O)O)o3)c(=O)n2C1c1ccc(F)cc1. The molecule has 214 valence electrons. The van der Waals surface area contributed by atoms with Crippen molar-refractivity contribution in [3.63, 3.8) is 0 Å². The van der Waals surface area contributed by atoms with Gasteiger partial charge in [-0.1, -0.05) is 72.0 Å². The van der Waals surface area contributed by atoms with E-state index in [-0.39, 0.29) is 22.3 Å². The quantitative estimate of drug-likeness (QED) is 0.265. The predicted octanol–water partition coefficient (Wildman–Crippen LogP) is 5.03. The summed E-state index contributed by atoms with van der Waals surface area (Å²) in [5, 5.41) is 9.57. The van der Waals surface area contributed by atoms with Crippen LogP contribution >= 0.6 is 11.3 Å². The first-order valence-corrected chi connectivity index (χ1v) is 14.1. The minimum Gasteiger partial charge on any atom is -0.478 e. The summed E-state index contributed by atoms with van der Waals surface area (Å²) in [5.74, 6) is -1.53. The Morgan fingerprint density at radius 1 is 1.02 bits per heavy atom. The summed E-state index contributed by atoms with van der Waals surface area (Å²) < 4.78 is 27.0. The third kappa shape index (κ3) is 5.24. The molecule has 1 aliphatic heterocycles. The van der Waals surface area contributed by atoms with E-state index in [0.29, 0.717) is 38.7 Å². The first-order chi connectivity index (χ1) is 20.9. The maximum atomic E-state index is 14.0. The molecule has 1 N–H and O–H groups in total. The Morgan fingerprint density at radius 3 is 2.47 bits per heavy atom. The average molecular weight is 595 g/mol. The lowest BCUT2D eigenvalue weighted by Gasteiger charge is -2.25. The van der Waals surface area contributed by atoms with Gasteiger partial charge in [-0.05, 0) is 42.8 Å². The minimum absolute atomic E-state index is 0.0852. The number of nitrogens with zero attached hydrogens (tertiary/aromatic N) is 2. The first kappa shape index (κ1) is 27.8. The molecule has 3 aromatic carbocycles. The monoisotopic (exact) mass is 594 g/mol. The highest BCUT2D eigenvalue weighted by atomic mass is 32.1. The van der Waals surface area contributed by atoms with E-state index >= 15 is 0 Å². The summed E-state index contributed by atoms with van der Waals surface area (Å²) in [4.78, 5) is 44.3. The third-order valence-corrected chi connectivity index (χ3v) is 7.87. The Hall–Kier alpha value is -5.35. The Morgan fingerprint density at radius 2 is 1.74 bits per heavy atom. The standard InChI is InChI=1S/C33H23FN2O6S/c1-2-41-32(40)27-28(19-8-4-3-5-9-19)35-33-36(29(27)20-12-14-21(34)15-13-20)30(37)26(43-33)18-22-16-17-25(42-22)23-10-6-7-11-24(23)31(38)39/h3-18,29H,2H2,1H3,(H,38,39)/b26-18+. The van der Waals surface area contributed by atoms with Crippen LogP contribution in [-0.4, -0.2) is 28.2 Å². The number of thiazole rings is 1. The molecular formula is C33H23FN2O6S. The number of carboxylic acid groups (broad SMARTS) is 1. The molecule has 43 heavy (non-hydrogen) atoms. The highest BCUT2D eigenvalue weighted by Gasteiger charge is 2.35. The topological polar surface area (TPSA) is 111 Å². The molecule has 1 aliphatic rings. The van der Waals surface area contributed by atoms with Crippen molar-refractivity contribution in [3.8, 4) is 11.3 Å². The zero-order valence-electron chi connectivity index (χ0n) is 22.7. The van der Waals surface area contributed by atoms with Crippen LogP contribution in [0.4, 0.5) is 4.39 Å². The molecule has 1 atom stereocenters. The lowest BCUT2D eigenvalue weighted by molar-refractivity contribution is -0.138. The van der Waals surface area contributed by atoms with Gasteiger partial charge in [0.1, 0.15) is 17.3 Å². The molecule has 0 saturated carbocycles. The van der Waals surface area contributed by atoms with Crippen LogP contribution in [0.1, 0.15) is 40.2 Å². The molecule has 0 radical (unpaired) electrons. The smallest absolute Gasteiger partial charge is 0.338 e. The lowest BCUT2D eigenvalue weighted by Crippen LogP contribution is -2.40. The second-order valence-electron chi connectivity index (χ2n) is 9.54. The van der Waals surface area contributed by atoms with Crippen LogP contribution in [0.25, 0.3) is 23.1 Å². The second kappa shape index (κ2) is 11.5. The van der Waals surface area contributed by atoms with Gasteiger partial charge in [-0.2, -0.15) is 0 Å². The molecule has 2 aromatic heterocycles. The van der Waals surface area contributed by atoms with E-state index in [0.717, 1.165) is 11.3 Å². The van der Waals surface area contributed by atoms with E-state index in [9.17, 15) is 23.9 Å². The molecule has 3 heterocycles. The van der Waals surface area contributed by atoms with Gasteiger partial charge < -0.3 is 14.3 Å². The number of carbonyl (C=O) groups is 2. The summed E-state index contributed by atoms with van der Waals surface area (Å²) in [6.45, 7) is 1.80. The van der Waals surface area contributed by atoms with Crippen molar-refractivity contribution in [3.05, 3.63) is 145 Å². The highest BCUT2D eigenvalue weighted by molar-refractivity contribution is 7.07. The number of furan rings is 1. The number of hydrogen-bond donors (Lipinski definition) is 1. The van der Waals surface area contributed by atoms with Gasteiger partial charge in [0.05, 0.1) is 34.0 Å². The van der Waals surface area contributed by atoms with Crippen molar-refractivity contribution in [2.24, 2.45) is 4.99 Å². The van der Waals surface area contributed by atoms with Gasteiger partial charge >= 0.3 is 11.9 Å². The van der Waals surface area contributed by atoms with Gasteiger partial charge in [-0.25, -0.2) is 19.0 Å². The van der Waals surface area contributed by atoms with Crippen molar-refractivity contribution >= 4 is 35.0 Å². The van der Waals surface area contributed by atoms with Gasteiger partial charge in [0.2, 0.25) is 0 Å². The maximum Gasteiger partial charge on any atom is 0.338 e. The van der Waals surface area contributed by atoms with Crippen molar-refractivity contribution in [2.75, 3.05) is 6.61 Å². The van der Waals surface area contributed by atoms with Crippen LogP contribution in [0.3, 0.4) is 0 Å². The lowest BCUT2D eigenvalue weighted by atomic mass is 9.93. The van der Waals surface area contributed by atoms with Gasteiger partial charge in [-0.15, -0.1) is 0 Å². The molecule has 0 aliphatic carbocycles. The van der Waals surface area contributed by atoms with Crippen LogP contribution in [0.2, 0.25) is 0 Å². The number of aromatic carboxylic acids is 1. The number of halogens is 1. The Balaban J connectivity index is 1.55. The van der Waals surface area contributed by atoms with E-state index in [1.165, 1.54) is 34.9 Å². The number of carbonyl (C=O) groups excluding carboxylic acids is 1. The van der Waals surface area contributed by atoms with Crippen molar-refractivity contribution in [1.82, 2.24) is 4.57 Å². The van der Waals surface area contributed by atoms with Gasteiger partial charge in [0, 0.05) is 17.2 Å². The molecule has 6 rings (SSSR count). The average Bonchev–Trinajstić information content (AvgIpc) is 3.61. The van der Waals surface area contributed by atoms with Gasteiger partial charge in [-0.3, -0.25) is 9.36 Å². The molecule has 0 fully saturated rings. The number of rotatable bonds is 7. The summed E-state index contributed by atoms with van der Waals surface area (Å²) in [5.41, 5.74) is 1.72. The normalized spacial score (nSPS) is 14.7. The van der Waals surface area contributed by atoms with Gasteiger partial charge in [0.25, 0.3) is 5.56 Å². The van der Waals surface area contributed by atoms with Crippen molar-refractivity contribution < 1.29 is 28.2 Å². The third-order valence-electron chi connectivity index (χ3n) is 6.88. The Bertz CT molecular complexity index is 2070. The molecule has 0 bridgehead atoms. The first-order valence-electron chi connectivity index (χ1n) is 13.3. The van der Waals surface area contributed by atoms with Crippen molar-refractivity contribution in [2.45, 2.75) is 13.0 Å². The van der Waals surface area contributed by atoms with E-state index in [1.54, 1.807) is 43.3 Å². The van der Waals surface area contributed by atoms with E-state index in [1.807, 2.05) is 30.3 Å². The van der Waals surface area contributed by atoms with Crippen LogP contribution in [-0.2, 0) is 9.53 Å². The second-order valence-corrected chi connectivity index (χ2v) is 10.5. The van der Waals surface area contributed by atoms with Gasteiger partial charge in [0.15, 0.2) is 4.80 Å². The van der Waals surface area contributed by atoms with Crippen LogP contribution in [0.5, 0.6) is 0 Å². The predicted molar refractivity (Wildman–Crippen MR) is 159 cm³/mol. The number of esters is 1. The van der Waals surface area contributed by atoms with Crippen LogP contribution < -0.4 is 14.9 Å². The number of benzene rings is 3. The Labute approximate surface area is 248 Å². The molecule has 5 aromatic rings. The summed E-state index contributed by atoms with van der Waals surface area (Å²) in [7, 11) is 0. The summed E-state index contributed by atoms with van der Waals surface area (Å²) >= 11 is 1.11. The molecule has 1 unspecified atom stereocenters. The minimum atomic E-state index is -1.09. The van der Waals surface area contributed by atoms with Crippen LogP contribution in [0.15, 0.2) is 111 Å². The summed E-state index contributed by atoms with van der Waals surface area (Å²) in [6, 6.07) is 23.5. The fourth-order valence-electron chi connectivity index (χ4n) is 4.99. The fourth-order valence-corrected chi connectivity index (χ4v) is 5.97. The zero-order chi connectivity index (χ0) is 30.1. The molecule has 0 amide bonds. The summed E-state index contributed by atoms with van der Waals surface area (Å²) in [6.07, 6.45) is 1.55. The molecule has 10 heteroatoms. The van der Waals surface area contributed by atoms with E-state index < -0.39 is 29.4 Å². The number of carboxylic acids is 1. The maximum absolute atomic E-state index is 14.0. The highest BCUT2D eigenvalue weighted by Crippen LogP contribution is 2.35. The largest absolute Gasteiger partial charge is 0.478 e. The molecule has 0 spiro atoms. The number of fused-ring (bicyclic) bond motifs is 1. The van der Waals surface area contributed by atoms with Crippen LogP contribution in [0, 0.1) is 5.82 Å². The molecule has 0 saturated heterocycles. The Kier molecular flexibility index (Phi) is 7.43. The van der Waals surface area contributed by atoms with E-state index in [4.69, 9.17) is 14.1 Å². The number of ether oxygens (including phenoxy) is 1. The number of hydrogen-bond acceptors (Lipinski definition) is 7. The fraction of sp³-hybridized carbons (Fsp3) is 0.0909. The zero-order valence-corrected chi connectivity index (χ0v) is 23.5. The van der Waals surface area contributed by atoms with E-state index in [2.05, 4.69) is 0 Å². The molecule has 8 nitrogen and oxygen atoms in total. The number of aromatic nitrogens is 1.